The van der Waals surface area contributed by atoms with E-state index in [9.17, 15) is 0 Å². The van der Waals surface area contributed by atoms with Crippen molar-refractivity contribution >= 4 is 16.5 Å². The SMILES string of the molecule is Cc1ncn(Cc2nnsc2NN)c1C. The fraction of sp³-hybridized carbons (Fsp3) is 0.375. The van der Waals surface area contributed by atoms with Crippen LogP contribution in [0.1, 0.15) is 17.1 Å². The van der Waals surface area contributed by atoms with Crippen LogP contribution in [0.3, 0.4) is 0 Å². The molecular formula is C8H12N6S. The molecule has 0 spiro atoms. The van der Waals surface area contributed by atoms with Gasteiger partial charge in [0.05, 0.1) is 18.6 Å². The van der Waals surface area contributed by atoms with Crippen molar-refractivity contribution < 1.29 is 0 Å². The zero-order valence-corrected chi connectivity index (χ0v) is 9.38. The number of aryl methyl sites for hydroxylation is 1. The number of imidazole rings is 1. The fourth-order valence-corrected chi connectivity index (χ4v) is 1.77. The summed E-state index contributed by atoms with van der Waals surface area (Å²) in [5.74, 6) is 5.35. The van der Waals surface area contributed by atoms with E-state index in [1.807, 2.05) is 18.4 Å². The molecule has 3 N–H and O–H groups in total. The van der Waals surface area contributed by atoms with Crippen molar-refractivity contribution in [3.8, 4) is 0 Å². The number of nitrogen functional groups attached to an aromatic ring is 1. The van der Waals surface area contributed by atoms with Crippen molar-refractivity contribution in [3.05, 3.63) is 23.4 Å². The maximum absolute atomic E-state index is 5.35. The number of hydrogen-bond donors (Lipinski definition) is 2. The maximum Gasteiger partial charge on any atom is 0.149 e. The van der Waals surface area contributed by atoms with Gasteiger partial charge < -0.3 is 9.99 Å². The maximum atomic E-state index is 5.35. The van der Waals surface area contributed by atoms with Gasteiger partial charge in [-0.3, -0.25) is 0 Å². The molecule has 15 heavy (non-hydrogen) atoms. The van der Waals surface area contributed by atoms with Crippen molar-refractivity contribution in [3.63, 3.8) is 0 Å². The molecule has 0 saturated carbocycles. The van der Waals surface area contributed by atoms with Gasteiger partial charge in [0.25, 0.3) is 0 Å². The Kier molecular flexibility index (Phi) is 2.65. The normalized spacial score (nSPS) is 10.6. The van der Waals surface area contributed by atoms with Gasteiger partial charge in [0.15, 0.2) is 0 Å². The molecule has 0 aliphatic rings. The first-order valence-corrected chi connectivity index (χ1v) is 5.26. The molecule has 6 nitrogen and oxygen atoms in total. The number of rotatable bonds is 3. The highest BCUT2D eigenvalue weighted by molar-refractivity contribution is 7.10. The van der Waals surface area contributed by atoms with Gasteiger partial charge in [-0.1, -0.05) is 4.49 Å². The molecule has 0 bridgehead atoms. The van der Waals surface area contributed by atoms with E-state index in [1.54, 1.807) is 6.33 Å². The Bertz CT molecular complexity index is 459. The third kappa shape index (κ3) is 1.83. The Morgan fingerprint density at radius 3 is 2.93 bits per heavy atom. The van der Waals surface area contributed by atoms with Crippen LogP contribution in [0.25, 0.3) is 0 Å². The average molecular weight is 224 g/mol. The molecule has 0 atom stereocenters. The van der Waals surface area contributed by atoms with Crippen LogP contribution in [0, 0.1) is 13.8 Å². The molecule has 0 saturated heterocycles. The van der Waals surface area contributed by atoms with E-state index in [2.05, 4.69) is 20.0 Å². The summed E-state index contributed by atoms with van der Waals surface area (Å²) in [6.45, 7) is 4.65. The first-order valence-electron chi connectivity index (χ1n) is 4.48. The standard InChI is InChI=1S/C8H12N6S/c1-5-6(2)14(4-10-5)3-7-8(11-9)15-13-12-7/h4,11H,3,9H2,1-2H3. The van der Waals surface area contributed by atoms with Crippen molar-refractivity contribution in [2.24, 2.45) is 5.84 Å². The molecule has 2 heterocycles. The van der Waals surface area contributed by atoms with E-state index in [1.165, 1.54) is 11.5 Å². The number of anilines is 1. The van der Waals surface area contributed by atoms with E-state index in [0.29, 0.717) is 6.54 Å². The van der Waals surface area contributed by atoms with Crippen LogP contribution in [-0.4, -0.2) is 19.1 Å². The van der Waals surface area contributed by atoms with Gasteiger partial charge in [-0.25, -0.2) is 10.8 Å². The van der Waals surface area contributed by atoms with Crippen LogP contribution < -0.4 is 11.3 Å². The molecule has 0 amide bonds. The summed E-state index contributed by atoms with van der Waals surface area (Å²) in [4.78, 5) is 4.22. The molecule has 2 aromatic rings. The zero-order valence-electron chi connectivity index (χ0n) is 8.56. The predicted octanol–water partition coefficient (Wildman–Crippen LogP) is 0.685. The second-order valence-electron chi connectivity index (χ2n) is 3.24. The van der Waals surface area contributed by atoms with E-state index in [-0.39, 0.29) is 0 Å². The van der Waals surface area contributed by atoms with Gasteiger partial charge in [0, 0.05) is 17.2 Å². The first kappa shape index (κ1) is 10.1. The smallest absolute Gasteiger partial charge is 0.149 e. The highest BCUT2D eigenvalue weighted by atomic mass is 32.1. The first-order chi connectivity index (χ1) is 7.22. The molecule has 80 valence electrons. The lowest BCUT2D eigenvalue weighted by atomic mass is 10.3. The number of nitrogens with one attached hydrogen (secondary N) is 1. The second kappa shape index (κ2) is 3.95. The summed E-state index contributed by atoms with van der Waals surface area (Å²) in [7, 11) is 0. The van der Waals surface area contributed by atoms with Crippen molar-refractivity contribution in [2.75, 3.05) is 5.43 Å². The third-order valence-corrected chi connectivity index (χ3v) is 3.05. The summed E-state index contributed by atoms with van der Waals surface area (Å²) in [6, 6.07) is 0. The molecule has 7 heteroatoms. The van der Waals surface area contributed by atoms with E-state index >= 15 is 0 Å². The van der Waals surface area contributed by atoms with Gasteiger partial charge in [-0.15, -0.1) is 5.10 Å². The lowest BCUT2D eigenvalue weighted by Gasteiger charge is -2.03. The number of hydrazine groups is 1. The van der Waals surface area contributed by atoms with Crippen LogP contribution in [0.15, 0.2) is 6.33 Å². The summed E-state index contributed by atoms with van der Waals surface area (Å²) in [5.41, 5.74) is 5.58. The third-order valence-electron chi connectivity index (χ3n) is 2.35. The van der Waals surface area contributed by atoms with Crippen molar-refractivity contribution in [1.82, 2.24) is 19.1 Å². The Hall–Kier alpha value is -1.47. The van der Waals surface area contributed by atoms with Crippen LogP contribution in [0.5, 0.6) is 0 Å². The predicted molar refractivity (Wildman–Crippen MR) is 58.5 cm³/mol. The summed E-state index contributed by atoms with van der Waals surface area (Å²) in [6.07, 6.45) is 1.80. The molecular weight excluding hydrogens is 212 g/mol. The van der Waals surface area contributed by atoms with Gasteiger partial charge in [0.2, 0.25) is 0 Å². The minimum atomic E-state index is 0.642. The van der Waals surface area contributed by atoms with Crippen LogP contribution in [-0.2, 0) is 6.54 Å². The minimum Gasteiger partial charge on any atom is -0.328 e. The van der Waals surface area contributed by atoms with Crippen molar-refractivity contribution in [1.29, 1.82) is 0 Å². The van der Waals surface area contributed by atoms with Gasteiger partial charge in [0.1, 0.15) is 10.7 Å². The highest BCUT2D eigenvalue weighted by Crippen LogP contribution is 2.18. The summed E-state index contributed by atoms with van der Waals surface area (Å²) in [5, 5.41) is 4.80. The summed E-state index contributed by atoms with van der Waals surface area (Å²) >= 11 is 1.25. The summed E-state index contributed by atoms with van der Waals surface area (Å²) < 4.78 is 5.86. The Morgan fingerprint density at radius 2 is 2.33 bits per heavy atom. The van der Waals surface area contributed by atoms with Gasteiger partial charge in [-0.05, 0) is 13.8 Å². The topological polar surface area (TPSA) is 81.7 Å². The van der Waals surface area contributed by atoms with E-state index < -0.39 is 0 Å². The number of hydrogen-bond acceptors (Lipinski definition) is 6. The van der Waals surface area contributed by atoms with Crippen LogP contribution in [0.4, 0.5) is 5.00 Å². The minimum absolute atomic E-state index is 0.642. The van der Waals surface area contributed by atoms with E-state index in [4.69, 9.17) is 5.84 Å². The highest BCUT2D eigenvalue weighted by Gasteiger charge is 2.09. The Morgan fingerprint density at radius 1 is 1.53 bits per heavy atom. The molecule has 0 unspecified atom stereocenters. The monoisotopic (exact) mass is 224 g/mol. The van der Waals surface area contributed by atoms with Crippen LogP contribution in [0.2, 0.25) is 0 Å². The molecule has 0 aromatic carbocycles. The number of nitrogens with zero attached hydrogens (tertiary/aromatic N) is 4. The Balaban J connectivity index is 2.25. The zero-order chi connectivity index (χ0) is 10.8. The molecule has 0 aliphatic carbocycles. The van der Waals surface area contributed by atoms with Crippen molar-refractivity contribution in [2.45, 2.75) is 20.4 Å². The molecule has 2 aromatic heterocycles. The molecule has 2 rings (SSSR count). The van der Waals surface area contributed by atoms with Gasteiger partial charge in [-0.2, -0.15) is 0 Å². The largest absolute Gasteiger partial charge is 0.328 e. The molecule has 0 radical (unpaired) electrons. The second-order valence-corrected chi connectivity index (χ2v) is 3.99. The molecule has 0 fully saturated rings. The van der Waals surface area contributed by atoms with Gasteiger partial charge >= 0.3 is 0 Å². The number of nitrogens with two attached hydrogens (primary N) is 1. The average Bonchev–Trinajstić information content (AvgIpc) is 2.80. The fourth-order valence-electron chi connectivity index (χ4n) is 1.29. The Labute approximate surface area is 91.3 Å². The lowest BCUT2D eigenvalue weighted by Crippen LogP contribution is -2.09. The lowest BCUT2D eigenvalue weighted by molar-refractivity contribution is 0.744. The number of aromatic nitrogens is 4. The molecule has 0 aliphatic heterocycles. The van der Waals surface area contributed by atoms with Crippen LogP contribution >= 0.6 is 11.5 Å². The quantitative estimate of drug-likeness (QED) is 0.592. The van der Waals surface area contributed by atoms with E-state index in [0.717, 1.165) is 22.1 Å².